The molecule has 0 saturated heterocycles. The zero-order chi connectivity index (χ0) is 15.4. The number of hydrogen-bond acceptors (Lipinski definition) is 2. The summed E-state index contributed by atoms with van der Waals surface area (Å²) in [5.74, 6) is 0.788. The fraction of sp³-hybridized carbons (Fsp3) is 0.167. The lowest BCUT2D eigenvalue weighted by Gasteiger charge is -2.09. The highest BCUT2D eigenvalue weighted by atomic mass is 16.5. The molecule has 3 rings (SSSR count). The number of nitrogens with one attached hydrogen (secondary N) is 2. The number of methoxy groups -OCH3 is 1. The molecule has 0 bridgehead atoms. The van der Waals surface area contributed by atoms with Crippen LogP contribution < -0.4 is 10.1 Å². The molecule has 22 heavy (non-hydrogen) atoms. The Morgan fingerprint density at radius 2 is 2.05 bits per heavy atom. The Morgan fingerprint density at radius 3 is 2.91 bits per heavy atom. The number of para-hydroxylation sites is 1. The third kappa shape index (κ3) is 2.96. The summed E-state index contributed by atoms with van der Waals surface area (Å²) in [6.45, 7) is 0.571. The maximum Gasteiger partial charge on any atom is 0.251 e. The smallest absolute Gasteiger partial charge is 0.251 e. The first kappa shape index (κ1) is 14.2. The first-order valence-corrected chi connectivity index (χ1v) is 7.25. The van der Waals surface area contributed by atoms with Crippen molar-refractivity contribution in [3.63, 3.8) is 0 Å². The average Bonchev–Trinajstić information content (AvgIpc) is 3.02. The normalized spacial score (nSPS) is 10.6. The Hall–Kier alpha value is -2.75. The number of carbonyl (C=O) groups excluding carboxylic acids is 1. The van der Waals surface area contributed by atoms with E-state index in [1.165, 1.54) is 0 Å². The monoisotopic (exact) mass is 294 g/mol. The third-order valence-corrected chi connectivity index (χ3v) is 3.69. The van der Waals surface area contributed by atoms with Gasteiger partial charge in [-0.05, 0) is 41.6 Å². The lowest BCUT2D eigenvalue weighted by Crippen LogP contribution is -2.25. The summed E-state index contributed by atoms with van der Waals surface area (Å²) in [5.41, 5.74) is 2.72. The second-order valence-corrected chi connectivity index (χ2v) is 5.10. The van der Waals surface area contributed by atoms with Gasteiger partial charge in [-0.15, -0.1) is 0 Å². The van der Waals surface area contributed by atoms with Crippen molar-refractivity contribution in [2.24, 2.45) is 0 Å². The van der Waals surface area contributed by atoms with Crippen LogP contribution >= 0.6 is 0 Å². The minimum atomic E-state index is -0.0635. The van der Waals surface area contributed by atoms with Crippen molar-refractivity contribution in [2.75, 3.05) is 13.7 Å². The summed E-state index contributed by atoms with van der Waals surface area (Å²) < 4.78 is 5.31. The molecule has 3 aromatic rings. The molecule has 0 fully saturated rings. The lowest BCUT2D eigenvalue weighted by atomic mass is 10.1. The molecule has 0 atom stereocenters. The van der Waals surface area contributed by atoms with Crippen molar-refractivity contribution in [3.05, 3.63) is 65.9 Å². The molecule has 112 valence electrons. The number of rotatable bonds is 5. The average molecular weight is 294 g/mol. The van der Waals surface area contributed by atoms with Crippen LogP contribution in [0, 0.1) is 0 Å². The number of H-pyrrole nitrogens is 1. The molecule has 0 saturated carbocycles. The Kier molecular flexibility index (Phi) is 4.10. The number of aromatic nitrogens is 1. The van der Waals surface area contributed by atoms with Crippen molar-refractivity contribution in [1.82, 2.24) is 10.3 Å². The van der Waals surface area contributed by atoms with E-state index in [9.17, 15) is 4.79 Å². The molecule has 4 nitrogen and oxygen atoms in total. The summed E-state index contributed by atoms with van der Waals surface area (Å²) in [5, 5.41) is 4.05. The highest BCUT2D eigenvalue weighted by molar-refractivity contribution is 5.97. The fourth-order valence-electron chi connectivity index (χ4n) is 2.51. The van der Waals surface area contributed by atoms with Crippen LogP contribution in [0.2, 0.25) is 0 Å². The first-order chi connectivity index (χ1) is 10.8. The molecule has 0 unspecified atom stereocenters. The summed E-state index contributed by atoms with van der Waals surface area (Å²) in [4.78, 5) is 15.3. The van der Waals surface area contributed by atoms with Gasteiger partial charge in [0.05, 0.1) is 7.11 Å². The fourth-order valence-corrected chi connectivity index (χ4v) is 2.51. The molecule has 0 aliphatic heterocycles. The lowest BCUT2D eigenvalue weighted by molar-refractivity contribution is 0.0954. The van der Waals surface area contributed by atoms with Gasteiger partial charge in [-0.3, -0.25) is 4.79 Å². The Morgan fingerprint density at radius 1 is 1.18 bits per heavy atom. The van der Waals surface area contributed by atoms with E-state index in [2.05, 4.69) is 10.3 Å². The zero-order valence-electron chi connectivity index (χ0n) is 12.4. The molecule has 1 heterocycles. The van der Waals surface area contributed by atoms with E-state index >= 15 is 0 Å². The van der Waals surface area contributed by atoms with Gasteiger partial charge in [0.2, 0.25) is 0 Å². The van der Waals surface area contributed by atoms with E-state index in [1.54, 1.807) is 7.11 Å². The van der Waals surface area contributed by atoms with E-state index in [0.717, 1.165) is 28.6 Å². The number of ether oxygens (including phenoxy) is 1. The van der Waals surface area contributed by atoms with E-state index in [-0.39, 0.29) is 5.91 Å². The van der Waals surface area contributed by atoms with Gasteiger partial charge in [-0.25, -0.2) is 0 Å². The van der Waals surface area contributed by atoms with Crippen LogP contribution in [0.5, 0.6) is 5.75 Å². The number of benzene rings is 2. The summed E-state index contributed by atoms with van der Waals surface area (Å²) in [7, 11) is 1.66. The van der Waals surface area contributed by atoms with Gasteiger partial charge in [0.1, 0.15) is 5.75 Å². The molecular formula is C18H18N2O2. The van der Waals surface area contributed by atoms with Gasteiger partial charge in [0.15, 0.2) is 0 Å². The van der Waals surface area contributed by atoms with Crippen LogP contribution in [0.15, 0.2) is 54.7 Å². The third-order valence-electron chi connectivity index (χ3n) is 3.69. The van der Waals surface area contributed by atoms with Gasteiger partial charge >= 0.3 is 0 Å². The Balaban J connectivity index is 1.62. The topological polar surface area (TPSA) is 54.1 Å². The predicted molar refractivity (Wildman–Crippen MR) is 87.3 cm³/mol. The van der Waals surface area contributed by atoms with Gasteiger partial charge in [0, 0.05) is 23.8 Å². The largest absolute Gasteiger partial charge is 0.496 e. The van der Waals surface area contributed by atoms with Gasteiger partial charge in [-0.1, -0.05) is 24.3 Å². The van der Waals surface area contributed by atoms with Crippen molar-refractivity contribution < 1.29 is 9.53 Å². The van der Waals surface area contributed by atoms with Crippen molar-refractivity contribution >= 4 is 16.8 Å². The van der Waals surface area contributed by atoms with Crippen LogP contribution in [0.4, 0.5) is 0 Å². The number of amides is 1. The maximum atomic E-state index is 12.2. The molecule has 0 radical (unpaired) electrons. The van der Waals surface area contributed by atoms with E-state index < -0.39 is 0 Å². The number of aromatic amines is 1. The number of hydrogen-bond donors (Lipinski definition) is 2. The minimum absolute atomic E-state index is 0.0635. The second kappa shape index (κ2) is 6.35. The van der Waals surface area contributed by atoms with Crippen molar-refractivity contribution in [3.8, 4) is 5.75 Å². The van der Waals surface area contributed by atoms with Crippen molar-refractivity contribution in [1.29, 1.82) is 0 Å². The highest BCUT2D eigenvalue weighted by Gasteiger charge is 2.07. The summed E-state index contributed by atoms with van der Waals surface area (Å²) in [6.07, 6.45) is 2.61. The summed E-state index contributed by atoms with van der Waals surface area (Å²) in [6, 6.07) is 15.5. The SMILES string of the molecule is COc1ccccc1CCNC(=O)c1ccc2cc[nH]c2c1. The molecule has 0 spiro atoms. The molecule has 2 N–H and O–H groups in total. The number of carbonyl (C=O) groups is 1. The molecular weight excluding hydrogens is 276 g/mol. The Labute approximate surface area is 129 Å². The van der Waals surface area contributed by atoms with Crippen LogP contribution in [0.1, 0.15) is 15.9 Å². The molecule has 0 aliphatic rings. The van der Waals surface area contributed by atoms with Crippen LogP contribution in [-0.4, -0.2) is 24.5 Å². The van der Waals surface area contributed by atoms with Gasteiger partial charge in [-0.2, -0.15) is 0 Å². The molecule has 4 heteroatoms. The number of fused-ring (bicyclic) bond motifs is 1. The standard InChI is InChI=1S/C18H18N2O2/c1-22-17-5-3-2-4-14(17)9-11-20-18(21)15-7-6-13-8-10-19-16(13)12-15/h2-8,10,12,19H,9,11H2,1H3,(H,20,21). The molecule has 2 aromatic carbocycles. The first-order valence-electron chi connectivity index (χ1n) is 7.25. The molecule has 1 amide bonds. The zero-order valence-corrected chi connectivity index (χ0v) is 12.4. The minimum Gasteiger partial charge on any atom is -0.496 e. The summed E-state index contributed by atoms with van der Waals surface area (Å²) >= 11 is 0. The Bertz CT molecular complexity index is 792. The maximum absolute atomic E-state index is 12.2. The van der Waals surface area contributed by atoms with E-state index in [0.29, 0.717) is 12.1 Å². The molecule has 1 aromatic heterocycles. The van der Waals surface area contributed by atoms with Crippen LogP contribution in [0.3, 0.4) is 0 Å². The van der Waals surface area contributed by atoms with Crippen LogP contribution in [0.25, 0.3) is 10.9 Å². The van der Waals surface area contributed by atoms with Crippen LogP contribution in [-0.2, 0) is 6.42 Å². The molecule has 0 aliphatic carbocycles. The van der Waals surface area contributed by atoms with Gasteiger partial charge < -0.3 is 15.0 Å². The van der Waals surface area contributed by atoms with Crippen molar-refractivity contribution in [2.45, 2.75) is 6.42 Å². The second-order valence-electron chi connectivity index (χ2n) is 5.10. The highest BCUT2D eigenvalue weighted by Crippen LogP contribution is 2.17. The quantitative estimate of drug-likeness (QED) is 0.759. The van der Waals surface area contributed by atoms with Gasteiger partial charge in [0.25, 0.3) is 5.91 Å². The van der Waals surface area contributed by atoms with E-state index in [1.807, 2.05) is 54.7 Å². The van der Waals surface area contributed by atoms with E-state index in [4.69, 9.17) is 4.74 Å². The predicted octanol–water partition coefficient (Wildman–Crippen LogP) is 3.15.